The Bertz CT molecular complexity index is 1130. The van der Waals surface area contributed by atoms with Crippen LogP contribution in [0.3, 0.4) is 0 Å². The van der Waals surface area contributed by atoms with Crippen molar-refractivity contribution < 1.29 is 37.6 Å². The van der Waals surface area contributed by atoms with Crippen LogP contribution in [0.5, 0.6) is 0 Å². The van der Waals surface area contributed by atoms with Crippen molar-refractivity contribution in [3.8, 4) is 0 Å². The van der Waals surface area contributed by atoms with Gasteiger partial charge in [0.2, 0.25) is 0 Å². The zero-order valence-corrected chi connectivity index (χ0v) is 37.7. The maximum absolute atomic E-state index is 12.7. The van der Waals surface area contributed by atoms with Gasteiger partial charge in [-0.2, -0.15) is 0 Å². The molecule has 0 aliphatic rings. The zero-order valence-electron chi connectivity index (χ0n) is 36.8. The van der Waals surface area contributed by atoms with E-state index in [0.717, 1.165) is 83.5 Å². The fraction of sp³-hybridized carbons (Fsp3) is 0.745. The number of nitrogens with zero attached hydrogens (tertiary/aromatic N) is 1. The molecule has 0 aromatic carbocycles. The molecule has 0 fully saturated rings. The van der Waals surface area contributed by atoms with Gasteiger partial charge in [0.25, 0.3) is 0 Å². The number of phosphoric acid groups is 1. The van der Waals surface area contributed by atoms with Crippen LogP contribution < -0.4 is 0 Å². The maximum Gasteiger partial charge on any atom is 0.472 e. The van der Waals surface area contributed by atoms with Gasteiger partial charge < -0.3 is 19.3 Å². The quantitative estimate of drug-likeness (QED) is 0.0279. The first kappa shape index (κ1) is 54.7. The van der Waals surface area contributed by atoms with Gasteiger partial charge in [-0.3, -0.25) is 18.6 Å². The van der Waals surface area contributed by atoms with Crippen LogP contribution in [0.4, 0.5) is 0 Å². The van der Waals surface area contributed by atoms with Crippen molar-refractivity contribution in [2.45, 2.75) is 187 Å². The Morgan fingerprint density at radius 1 is 0.561 bits per heavy atom. The second-order valence-corrected chi connectivity index (χ2v) is 16.6. The van der Waals surface area contributed by atoms with E-state index in [2.05, 4.69) is 74.6 Å². The van der Waals surface area contributed by atoms with Crippen molar-refractivity contribution in [3.63, 3.8) is 0 Å². The first-order chi connectivity index (χ1) is 27.7. The van der Waals surface area contributed by atoms with Crippen molar-refractivity contribution in [2.75, 3.05) is 40.5 Å². The van der Waals surface area contributed by atoms with Crippen LogP contribution in [0.2, 0.25) is 0 Å². The van der Waals surface area contributed by atoms with Gasteiger partial charge in [0.1, 0.15) is 6.61 Å². The molecular formula is C47H84NO8P. The molecule has 9 nitrogen and oxygen atoms in total. The van der Waals surface area contributed by atoms with Crippen LogP contribution in [0.25, 0.3) is 0 Å². The van der Waals surface area contributed by atoms with E-state index in [1.54, 1.807) is 0 Å². The second kappa shape index (κ2) is 41.9. The Balaban J connectivity index is 4.29. The van der Waals surface area contributed by atoms with Gasteiger partial charge in [-0.05, 0) is 91.1 Å². The highest BCUT2D eigenvalue weighted by molar-refractivity contribution is 7.47. The third-order valence-electron chi connectivity index (χ3n) is 9.31. The van der Waals surface area contributed by atoms with E-state index < -0.39 is 26.5 Å². The van der Waals surface area contributed by atoms with Crippen molar-refractivity contribution in [2.24, 2.45) is 0 Å². The Morgan fingerprint density at radius 2 is 1.00 bits per heavy atom. The van der Waals surface area contributed by atoms with Crippen LogP contribution >= 0.6 is 7.82 Å². The largest absolute Gasteiger partial charge is 0.472 e. The number of ether oxygens (including phenoxy) is 2. The normalized spacial score (nSPS) is 13.9. The highest BCUT2D eigenvalue weighted by Crippen LogP contribution is 2.43. The average molecular weight is 822 g/mol. The first-order valence-corrected chi connectivity index (χ1v) is 24.1. The van der Waals surface area contributed by atoms with Gasteiger partial charge >= 0.3 is 19.8 Å². The average Bonchev–Trinajstić information content (AvgIpc) is 3.18. The molecule has 0 aliphatic heterocycles. The number of carbonyl (C=O) groups excluding carboxylic acids is 2. The summed E-state index contributed by atoms with van der Waals surface area (Å²) in [5.41, 5.74) is 0. The van der Waals surface area contributed by atoms with Crippen LogP contribution in [-0.2, 0) is 32.7 Å². The Kier molecular flexibility index (Phi) is 40.2. The minimum absolute atomic E-state index is 0.00110. The molecule has 0 saturated carbocycles. The molecule has 1 N–H and O–H groups in total. The van der Waals surface area contributed by atoms with Gasteiger partial charge in [-0.1, -0.05) is 152 Å². The molecule has 0 saturated heterocycles. The third-order valence-corrected chi connectivity index (χ3v) is 10.3. The van der Waals surface area contributed by atoms with E-state index in [-0.39, 0.29) is 32.0 Å². The molecule has 0 aromatic heterocycles. The van der Waals surface area contributed by atoms with Crippen LogP contribution in [0, 0.1) is 0 Å². The Hall–Kier alpha value is -2.29. The summed E-state index contributed by atoms with van der Waals surface area (Å²) in [6.07, 6.45) is 48.3. The summed E-state index contributed by atoms with van der Waals surface area (Å²) in [7, 11) is -0.728. The summed E-state index contributed by atoms with van der Waals surface area (Å²) in [5, 5.41) is 0. The zero-order chi connectivity index (χ0) is 41.9. The number of unbranched alkanes of at least 4 members (excludes halogenated alkanes) is 17. The Morgan fingerprint density at radius 3 is 1.49 bits per heavy atom. The van der Waals surface area contributed by atoms with E-state index in [4.69, 9.17) is 18.5 Å². The smallest absolute Gasteiger partial charge is 0.462 e. The summed E-state index contributed by atoms with van der Waals surface area (Å²) in [4.78, 5) is 37.1. The van der Waals surface area contributed by atoms with Crippen LogP contribution in [0.15, 0.2) is 60.8 Å². The molecule has 0 radical (unpaired) electrons. The lowest BCUT2D eigenvalue weighted by molar-refractivity contribution is -0.161. The van der Waals surface area contributed by atoms with Gasteiger partial charge in [-0.15, -0.1) is 0 Å². The topological polar surface area (TPSA) is 112 Å². The molecule has 10 heteroatoms. The molecule has 0 spiro atoms. The number of esters is 2. The number of likely N-dealkylation sites (N-methyl/N-ethyl adjacent to an activating group) is 1. The molecular weight excluding hydrogens is 737 g/mol. The van der Waals surface area contributed by atoms with Crippen molar-refractivity contribution in [1.82, 2.24) is 4.90 Å². The molecule has 0 heterocycles. The minimum Gasteiger partial charge on any atom is -0.462 e. The monoisotopic (exact) mass is 822 g/mol. The fourth-order valence-electron chi connectivity index (χ4n) is 5.85. The first-order valence-electron chi connectivity index (χ1n) is 22.6. The highest BCUT2D eigenvalue weighted by atomic mass is 31.2. The van der Waals surface area contributed by atoms with E-state index >= 15 is 0 Å². The lowest BCUT2D eigenvalue weighted by Gasteiger charge is -2.20. The van der Waals surface area contributed by atoms with E-state index in [9.17, 15) is 19.0 Å². The highest BCUT2D eigenvalue weighted by Gasteiger charge is 2.26. The van der Waals surface area contributed by atoms with Gasteiger partial charge in [-0.25, -0.2) is 4.57 Å². The summed E-state index contributed by atoms with van der Waals surface area (Å²) in [6.45, 7) is 4.16. The molecule has 0 bridgehead atoms. The van der Waals surface area contributed by atoms with Crippen molar-refractivity contribution >= 4 is 19.8 Å². The number of hydrogen-bond donors (Lipinski definition) is 1. The Labute approximate surface area is 349 Å². The fourth-order valence-corrected chi connectivity index (χ4v) is 6.59. The molecule has 0 aromatic rings. The molecule has 2 unspecified atom stereocenters. The predicted octanol–water partition coefficient (Wildman–Crippen LogP) is 13.1. The number of phosphoric ester groups is 1. The van der Waals surface area contributed by atoms with Gasteiger partial charge in [0, 0.05) is 19.4 Å². The second-order valence-electron chi connectivity index (χ2n) is 15.2. The number of hydrogen-bond acceptors (Lipinski definition) is 8. The van der Waals surface area contributed by atoms with E-state index in [1.165, 1.54) is 57.8 Å². The van der Waals surface area contributed by atoms with Gasteiger partial charge in [0.15, 0.2) is 6.10 Å². The van der Waals surface area contributed by atoms with Crippen molar-refractivity contribution in [3.05, 3.63) is 60.8 Å². The van der Waals surface area contributed by atoms with Gasteiger partial charge in [0.05, 0.1) is 13.2 Å². The van der Waals surface area contributed by atoms with Crippen molar-refractivity contribution in [1.29, 1.82) is 0 Å². The lowest BCUT2D eigenvalue weighted by Crippen LogP contribution is -2.29. The minimum atomic E-state index is -4.37. The lowest BCUT2D eigenvalue weighted by atomic mass is 10.1. The van der Waals surface area contributed by atoms with Crippen LogP contribution in [0.1, 0.15) is 181 Å². The summed E-state index contributed by atoms with van der Waals surface area (Å²) in [5.74, 6) is -0.830. The van der Waals surface area contributed by atoms with Crippen LogP contribution in [-0.4, -0.2) is 68.3 Å². The SMILES string of the molecule is CC/C=C\C/C=C\C/C=C\CCCCCCCC(=O)OCC(COP(=O)(O)OCCN(C)C)OC(=O)CCCCCCCCCCC/C=C\C/C=C\CCCCC. The predicted molar refractivity (Wildman–Crippen MR) is 238 cm³/mol. The number of carbonyl (C=O) groups is 2. The third kappa shape index (κ3) is 43.1. The molecule has 0 amide bonds. The molecule has 330 valence electrons. The summed E-state index contributed by atoms with van der Waals surface area (Å²) in [6, 6.07) is 0. The van der Waals surface area contributed by atoms with E-state index in [1.807, 2.05) is 19.0 Å². The molecule has 0 rings (SSSR count). The molecule has 0 aliphatic carbocycles. The summed E-state index contributed by atoms with van der Waals surface area (Å²) < 4.78 is 33.5. The molecule has 57 heavy (non-hydrogen) atoms. The number of allylic oxidation sites excluding steroid dienone is 10. The summed E-state index contributed by atoms with van der Waals surface area (Å²) >= 11 is 0. The number of rotatable bonds is 41. The maximum atomic E-state index is 12.7. The van der Waals surface area contributed by atoms with E-state index in [0.29, 0.717) is 19.4 Å². The molecule has 2 atom stereocenters. The standard InChI is InChI=1S/C47H84NO8P/c1-5-7-9-11-13-15-17-19-21-22-23-24-26-28-30-32-34-36-38-40-47(50)56-45(44-55-57(51,52)54-42-41-48(3)4)43-53-46(49)39-37-35-33-31-29-27-25-20-18-16-14-12-10-8-6-2/h8,10,13-16,19-21,25,45H,5-7,9,11-12,17-18,22-24,26-44H2,1-4H3,(H,51,52)/b10-8-,15-13-,16-14-,21-19-,25-20-.